The standard InChI is InChI=1S/C34H20O6S2/c35-31(19-9-3-1-4-10-19)29-23(33(37)38)17-22-21(27(29)25-13-7-15-41-25)18-24(34(39)40)30(28(22)26-14-8-16-42-26)32(36)20-11-5-2-6-12-20/h1-18H,(H,37,38)(H,39,40). The Morgan fingerprint density at radius 1 is 0.500 bits per heavy atom. The van der Waals surface area contributed by atoms with Gasteiger partial charge in [-0.1, -0.05) is 72.8 Å². The van der Waals surface area contributed by atoms with E-state index in [1.807, 2.05) is 0 Å². The second-order valence-corrected chi connectivity index (χ2v) is 11.3. The van der Waals surface area contributed by atoms with Crippen molar-refractivity contribution in [3.05, 3.63) is 141 Å². The maximum atomic E-state index is 14.0. The smallest absolute Gasteiger partial charge is 0.336 e. The number of fused-ring (bicyclic) bond motifs is 1. The average molecular weight is 589 g/mol. The Kier molecular flexibility index (Phi) is 7.08. The largest absolute Gasteiger partial charge is 0.478 e. The van der Waals surface area contributed by atoms with Crippen LogP contribution in [0.15, 0.2) is 108 Å². The van der Waals surface area contributed by atoms with Crippen molar-refractivity contribution in [2.24, 2.45) is 0 Å². The van der Waals surface area contributed by atoms with Gasteiger partial charge in [0.25, 0.3) is 0 Å². The van der Waals surface area contributed by atoms with Gasteiger partial charge in [0.1, 0.15) is 0 Å². The molecule has 0 unspecified atom stereocenters. The number of carbonyl (C=O) groups excluding carboxylic acids is 2. The zero-order chi connectivity index (χ0) is 29.4. The first kappa shape index (κ1) is 27.0. The normalized spacial score (nSPS) is 11.0. The lowest BCUT2D eigenvalue weighted by Gasteiger charge is -2.20. The molecule has 2 aromatic heterocycles. The van der Waals surface area contributed by atoms with E-state index in [4.69, 9.17) is 0 Å². The summed E-state index contributed by atoms with van der Waals surface area (Å²) in [4.78, 5) is 54.8. The number of thiophene rings is 2. The zero-order valence-corrected chi connectivity index (χ0v) is 23.4. The van der Waals surface area contributed by atoms with Crippen LogP contribution < -0.4 is 0 Å². The van der Waals surface area contributed by atoms with E-state index in [1.54, 1.807) is 95.7 Å². The topological polar surface area (TPSA) is 109 Å². The Hall–Kier alpha value is -5.18. The lowest BCUT2D eigenvalue weighted by Crippen LogP contribution is -2.15. The molecule has 42 heavy (non-hydrogen) atoms. The van der Waals surface area contributed by atoms with Crippen molar-refractivity contribution in [2.45, 2.75) is 0 Å². The Labute approximate surface area is 247 Å². The summed E-state index contributed by atoms with van der Waals surface area (Å²) in [6.45, 7) is 0. The van der Waals surface area contributed by atoms with Gasteiger partial charge in [-0.25, -0.2) is 9.59 Å². The third-order valence-electron chi connectivity index (χ3n) is 6.97. The van der Waals surface area contributed by atoms with Crippen LogP contribution in [0.3, 0.4) is 0 Å². The number of carboxylic acids is 2. The molecular weight excluding hydrogens is 569 g/mol. The van der Waals surface area contributed by atoms with E-state index in [-0.39, 0.29) is 22.3 Å². The van der Waals surface area contributed by atoms with Gasteiger partial charge in [-0.3, -0.25) is 9.59 Å². The van der Waals surface area contributed by atoms with Crippen LogP contribution in [0.1, 0.15) is 52.6 Å². The molecule has 0 amide bonds. The molecule has 8 heteroatoms. The number of benzene rings is 4. The molecule has 0 bridgehead atoms. The first-order chi connectivity index (χ1) is 20.4. The fourth-order valence-corrected chi connectivity index (χ4v) is 6.75. The van der Waals surface area contributed by atoms with Gasteiger partial charge in [-0.05, 0) is 45.8 Å². The maximum Gasteiger partial charge on any atom is 0.336 e. The first-order valence-electron chi connectivity index (χ1n) is 12.8. The molecule has 2 N–H and O–H groups in total. The van der Waals surface area contributed by atoms with Crippen molar-refractivity contribution < 1.29 is 29.4 Å². The fourth-order valence-electron chi connectivity index (χ4n) is 5.17. The zero-order valence-electron chi connectivity index (χ0n) is 21.7. The minimum atomic E-state index is -1.32. The highest BCUT2D eigenvalue weighted by Gasteiger charge is 2.31. The Balaban J connectivity index is 1.83. The van der Waals surface area contributed by atoms with Gasteiger partial charge in [0.05, 0.1) is 11.1 Å². The number of aromatic carboxylic acids is 2. The molecule has 0 atom stereocenters. The summed E-state index contributed by atoms with van der Waals surface area (Å²) in [6, 6.07) is 26.6. The summed E-state index contributed by atoms with van der Waals surface area (Å²) >= 11 is 2.61. The van der Waals surface area contributed by atoms with E-state index in [2.05, 4.69) is 0 Å². The van der Waals surface area contributed by atoms with Gasteiger partial charge in [-0.2, -0.15) is 0 Å². The van der Waals surface area contributed by atoms with Gasteiger partial charge in [-0.15, -0.1) is 22.7 Å². The van der Waals surface area contributed by atoms with Crippen molar-refractivity contribution in [1.82, 2.24) is 0 Å². The summed E-state index contributed by atoms with van der Waals surface area (Å²) in [7, 11) is 0. The summed E-state index contributed by atoms with van der Waals surface area (Å²) < 4.78 is 0. The molecule has 0 aliphatic heterocycles. The quantitative estimate of drug-likeness (QED) is 0.174. The molecule has 0 aliphatic carbocycles. The Bertz CT molecular complexity index is 1850. The number of ketones is 2. The van der Waals surface area contributed by atoms with Crippen LogP contribution in [-0.2, 0) is 0 Å². The monoisotopic (exact) mass is 588 g/mol. The fraction of sp³-hybridized carbons (Fsp3) is 0. The highest BCUT2D eigenvalue weighted by atomic mass is 32.1. The van der Waals surface area contributed by atoms with Gasteiger partial charge in [0, 0.05) is 43.1 Å². The molecule has 0 saturated heterocycles. The van der Waals surface area contributed by atoms with E-state index in [0.717, 1.165) is 0 Å². The molecular formula is C34H20O6S2. The van der Waals surface area contributed by atoms with E-state index in [0.29, 0.717) is 42.8 Å². The molecule has 0 aliphatic rings. The van der Waals surface area contributed by atoms with Crippen molar-refractivity contribution in [3.8, 4) is 20.9 Å². The molecule has 204 valence electrons. The number of carboxylic acid groups (broad SMARTS) is 2. The van der Waals surface area contributed by atoms with E-state index >= 15 is 0 Å². The van der Waals surface area contributed by atoms with Gasteiger partial charge in [0.2, 0.25) is 0 Å². The summed E-state index contributed by atoms with van der Waals surface area (Å²) in [5.74, 6) is -3.64. The van der Waals surface area contributed by atoms with Crippen LogP contribution in [0.5, 0.6) is 0 Å². The number of rotatable bonds is 8. The van der Waals surface area contributed by atoms with Crippen LogP contribution in [-0.4, -0.2) is 33.7 Å². The highest BCUT2D eigenvalue weighted by molar-refractivity contribution is 7.14. The Morgan fingerprint density at radius 3 is 1.19 bits per heavy atom. The second-order valence-electron chi connectivity index (χ2n) is 9.40. The van der Waals surface area contributed by atoms with Crippen molar-refractivity contribution >= 4 is 57.0 Å². The minimum Gasteiger partial charge on any atom is -0.478 e. The SMILES string of the molecule is O=C(O)c1cc2c(-c3cccs3)c(C(=O)c3ccccc3)c(C(=O)O)cc2c(-c2cccs2)c1C(=O)c1ccccc1. The molecule has 2 heterocycles. The van der Waals surface area contributed by atoms with Crippen molar-refractivity contribution in [1.29, 1.82) is 0 Å². The third-order valence-corrected chi connectivity index (χ3v) is 8.74. The molecule has 6 rings (SSSR count). The summed E-state index contributed by atoms with van der Waals surface area (Å²) in [5.41, 5.74) is 0.659. The van der Waals surface area contributed by atoms with E-state index in [9.17, 15) is 29.4 Å². The van der Waals surface area contributed by atoms with Crippen molar-refractivity contribution in [3.63, 3.8) is 0 Å². The number of carbonyl (C=O) groups is 4. The summed E-state index contributed by atoms with van der Waals surface area (Å²) in [5, 5.41) is 25.3. The molecule has 0 fully saturated rings. The minimum absolute atomic E-state index is 0.0424. The predicted octanol–water partition coefficient (Wildman–Crippen LogP) is 8.16. The predicted molar refractivity (Wildman–Crippen MR) is 164 cm³/mol. The molecule has 0 spiro atoms. The maximum absolute atomic E-state index is 14.0. The lowest BCUT2D eigenvalue weighted by atomic mass is 9.82. The second kappa shape index (κ2) is 11.0. The molecule has 0 saturated carbocycles. The highest BCUT2D eigenvalue weighted by Crippen LogP contribution is 2.45. The lowest BCUT2D eigenvalue weighted by molar-refractivity contribution is 0.0683. The van der Waals surface area contributed by atoms with Crippen molar-refractivity contribution in [2.75, 3.05) is 0 Å². The first-order valence-corrected chi connectivity index (χ1v) is 14.5. The molecule has 6 aromatic rings. The average Bonchev–Trinajstić information content (AvgIpc) is 3.74. The van der Waals surface area contributed by atoms with Crippen LogP contribution in [0.2, 0.25) is 0 Å². The van der Waals surface area contributed by atoms with Crippen LogP contribution >= 0.6 is 22.7 Å². The van der Waals surface area contributed by atoms with E-state index in [1.165, 1.54) is 34.8 Å². The Morgan fingerprint density at radius 2 is 0.881 bits per heavy atom. The van der Waals surface area contributed by atoms with Gasteiger partial charge >= 0.3 is 11.9 Å². The number of hydrogen-bond donors (Lipinski definition) is 2. The third kappa shape index (κ3) is 4.62. The molecule has 4 aromatic carbocycles. The van der Waals surface area contributed by atoms with Crippen LogP contribution in [0.4, 0.5) is 0 Å². The molecule has 6 nitrogen and oxygen atoms in total. The molecule has 0 radical (unpaired) electrons. The van der Waals surface area contributed by atoms with Gasteiger partial charge in [0.15, 0.2) is 11.6 Å². The van der Waals surface area contributed by atoms with Crippen LogP contribution in [0.25, 0.3) is 31.7 Å². The van der Waals surface area contributed by atoms with E-state index < -0.39 is 23.5 Å². The van der Waals surface area contributed by atoms with Crippen LogP contribution in [0, 0.1) is 0 Å². The van der Waals surface area contributed by atoms with Gasteiger partial charge < -0.3 is 10.2 Å². The summed E-state index contributed by atoms with van der Waals surface area (Å²) in [6.07, 6.45) is 0. The number of hydrogen-bond acceptors (Lipinski definition) is 6.